The average Bonchev–Trinajstić information content (AvgIpc) is 3.25. The molecule has 0 radical (unpaired) electrons. The second kappa shape index (κ2) is 32.5. The van der Waals surface area contributed by atoms with Crippen LogP contribution in [0.5, 0.6) is 0 Å². The Bertz CT molecular complexity index is 1710. The zero-order chi connectivity index (χ0) is 51.6. The minimum absolute atomic E-state index is 0.0355. The topological polar surface area (TPSA) is 409 Å². The van der Waals surface area contributed by atoms with Gasteiger partial charge in [-0.15, -0.1) is 0 Å². The Morgan fingerprint density at radius 3 is 1.36 bits per heavy atom. The molecular formula is C40H71N11O14S2. The summed E-state index contributed by atoms with van der Waals surface area (Å²) in [6.45, 7) is 6.84. The third kappa shape index (κ3) is 24.4. The van der Waals surface area contributed by atoms with Gasteiger partial charge in [-0.05, 0) is 61.0 Å². The van der Waals surface area contributed by atoms with Gasteiger partial charge in [-0.3, -0.25) is 47.9 Å². The van der Waals surface area contributed by atoms with E-state index in [2.05, 4.69) is 47.9 Å². The van der Waals surface area contributed by atoms with Crippen molar-refractivity contribution in [2.75, 3.05) is 50.3 Å². The highest BCUT2D eigenvalue weighted by Gasteiger charge is 2.34. The molecule has 67 heavy (non-hydrogen) atoms. The molecule has 0 aliphatic heterocycles. The van der Waals surface area contributed by atoms with Crippen LogP contribution in [0.25, 0.3) is 0 Å². The number of nitrogens with two attached hydrogens (primary N) is 2. The Balaban J connectivity index is 5.73. The number of amides is 10. The van der Waals surface area contributed by atoms with Crippen molar-refractivity contribution in [3.8, 4) is 0 Å². The van der Waals surface area contributed by atoms with Crippen LogP contribution in [0.15, 0.2) is 0 Å². The van der Waals surface area contributed by atoms with Crippen molar-refractivity contribution in [1.29, 1.82) is 0 Å². The monoisotopic (exact) mass is 993 g/mol. The van der Waals surface area contributed by atoms with Gasteiger partial charge in [0.2, 0.25) is 59.1 Å². The molecule has 0 bridgehead atoms. The van der Waals surface area contributed by atoms with Crippen molar-refractivity contribution < 1.29 is 68.1 Å². The van der Waals surface area contributed by atoms with Gasteiger partial charge in [0.25, 0.3) is 0 Å². The maximum absolute atomic E-state index is 13.5. The number of aliphatic hydroxyl groups excluding tert-OH is 2. The highest BCUT2D eigenvalue weighted by Crippen LogP contribution is 2.09. The van der Waals surface area contributed by atoms with E-state index in [4.69, 9.17) is 11.5 Å². The minimum Gasteiger partial charge on any atom is -0.480 e. The Kier molecular flexibility index (Phi) is 29.9. The fourth-order valence-electron chi connectivity index (χ4n) is 5.74. The summed E-state index contributed by atoms with van der Waals surface area (Å²) in [6.07, 6.45) is 3.01. The molecule has 0 aliphatic carbocycles. The lowest BCUT2D eigenvalue weighted by Crippen LogP contribution is -2.60. The van der Waals surface area contributed by atoms with E-state index >= 15 is 0 Å². The van der Waals surface area contributed by atoms with E-state index in [1.54, 1.807) is 40.2 Å². The number of hydrogen-bond donors (Lipinski definition) is 14. The molecule has 0 aromatic rings. The number of primary amides is 1. The van der Waals surface area contributed by atoms with Crippen LogP contribution in [0.1, 0.15) is 67.2 Å². The first kappa shape index (κ1) is 61.8. The lowest BCUT2D eigenvalue weighted by Gasteiger charge is -2.27. The van der Waals surface area contributed by atoms with Crippen molar-refractivity contribution >= 4 is 88.6 Å². The summed E-state index contributed by atoms with van der Waals surface area (Å²) in [4.78, 5) is 141. The third-order valence-electron chi connectivity index (χ3n) is 9.63. The molecule has 0 heterocycles. The third-order valence-corrected chi connectivity index (χ3v) is 10.9. The second-order valence-corrected chi connectivity index (χ2v) is 18.5. The summed E-state index contributed by atoms with van der Waals surface area (Å²) in [5, 5.41) is 50.3. The predicted molar refractivity (Wildman–Crippen MR) is 248 cm³/mol. The zero-order valence-electron chi connectivity index (χ0n) is 39.2. The second-order valence-electron chi connectivity index (χ2n) is 16.5. The molecule has 25 nitrogen and oxygen atoms in total. The molecule has 0 fully saturated rings. The van der Waals surface area contributed by atoms with Gasteiger partial charge in [-0.2, -0.15) is 23.5 Å². The van der Waals surface area contributed by atoms with Gasteiger partial charge < -0.3 is 74.6 Å². The summed E-state index contributed by atoms with van der Waals surface area (Å²) in [5.74, 6) is -10.6. The molecule has 0 unspecified atom stereocenters. The van der Waals surface area contributed by atoms with Crippen LogP contribution in [0.3, 0.4) is 0 Å². The first-order valence-electron chi connectivity index (χ1n) is 21.5. The standard InChI is InChI=1S/C40H71N11O14S2/c1-19(2)13-24(49-38(62)31(42)20(3)4)33(57)43-16-30(56)46-26(17-52)36(60)48-25(14-28(41)54)34(58)44-15-29(55)45-22(9-11-66-7)35(59)51-32(21(5)6)39(63)50-27(18-53)37(61)47-23(40(64)65)10-12-67-8/h19-27,31-32,52-53H,9-18,42H2,1-8H3,(H2,41,54)(H,43,57)(H,44,58)(H,45,55)(H,46,56)(H,47,61)(H,48,60)(H,49,62)(H,50,63)(H,51,59)(H,64,65)/t22-,23-,24-,25-,26-,27-,31-,32-/m0/s1. The molecule has 0 rings (SSSR count). The molecule has 0 aliphatic rings. The van der Waals surface area contributed by atoms with Crippen molar-refractivity contribution in [3.63, 3.8) is 0 Å². The van der Waals surface area contributed by atoms with Crippen molar-refractivity contribution in [2.45, 2.75) is 116 Å². The Morgan fingerprint density at radius 2 is 0.925 bits per heavy atom. The first-order valence-corrected chi connectivity index (χ1v) is 24.2. The van der Waals surface area contributed by atoms with Crippen LogP contribution < -0.4 is 59.3 Å². The van der Waals surface area contributed by atoms with Crippen LogP contribution in [-0.2, 0) is 52.7 Å². The van der Waals surface area contributed by atoms with E-state index in [-0.39, 0.29) is 31.1 Å². The predicted octanol–water partition coefficient (Wildman–Crippen LogP) is -5.25. The molecular weight excluding hydrogens is 923 g/mol. The lowest BCUT2D eigenvalue weighted by molar-refractivity contribution is -0.142. The first-order chi connectivity index (χ1) is 31.3. The summed E-state index contributed by atoms with van der Waals surface area (Å²) >= 11 is 2.68. The maximum atomic E-state index is 13.5. The maximum Gasteiger partial charge on any atom is 0.326 e. The normalized spacial score (nSPS) is 14.7. The van der Waals surface area contributed by atoms with Crippen molar-refractivity contribution in [2.24, 2.45) is 29.2 Å². The van der Waals surface area contributed by atoms with Crippen LogP contribution in [0.4, 0.5) is 0 Å². The van der Waals surface area contributed by atoms with E-state index in [1.807, 2.05) is 13.8 Å². The highest BCUT2D eigenvalue weighted by atomic mass is 32.2. The molecule has 10 amide bonds. The highest BCUT2D eigenvalue weighted by molar-refractivity contribution is 7.98. The van der Waals surface area contributed by atoms with Gasteiger partial charge >= 0.3 is 5.97 Å². The van der Waals surface area contributed by atoms with E-state index in [0.717, 1.165) is 0 Å². The number of carbonyl (C=O) groups excluding carboxylic acids is 10. The number of aliphatic hydroxyl groups is 2. The number of carboxylic acid groups (broad SMARTS) is 1. The molecule has 0 saturated carbocycles. The number of hydrogen-bond acceptors (Lipinski definition) is 16. The number of carbonyl (C=O) groups is 11. The van der Waals surface area contributed by atoms with E-state index in [9.17, 15) is 68.1 Å². The number of rotatable bonds is 33. The Labute approximate surface area is 398 Å². The smallest absolute Gasteiger partial charge is 0.326 e. The lowest BCUT2D eigenvalue weighted by atomic mass is 10.0. The number of aliphatic carboxylic acids is 1. The van der Waals surface area contributed by atoms with Gasteiger partial charge in [0.05, 0.1) is 38.8 Å². The fourth-order valence-corrected chi connectivity index (χ4v) is 6.68. The summed E-state index contributed by atoms with van der Waals surface area (Å²) < 4.78 is 0. The van der Waals surface area contributed by atoms with Crippen LogP contribution in [0.2, 0.25) is 0 Å². The van der Waals surface area contributed by atoms with Crippen LogP contribution in [-0.4, -0.2) is 179 Å². The summed E-state index contributed by atoms with van der Waals surface area (Å²) in [7, 11) is 0. The zero-order valence-corrected chi connectivity index (χ0v) is 40.9. The average molecular weight is 994 g/mol. The number of thioether (sulfide) groups is 2. The summed E-state index contributed by atoms with van der Waals surface area (Å²) in [6, 6.07) is -10.8. The van der Waals surface area contributed by atoms with E-state index in [0.29, 0.717) is 11.5 Å². The SMILES string of the molecule is CSCC[C@H](NC(=O)[C@H](CO)NC(=O)[C@@H](NC(=O)[C@H](CCSC)NC(=O)CNC(=O)[C@H](CC(N)=O)NC(=O)[C@H](CO)NC(=O)CNC(=O)[C@H](CC(C)C)NC(=O)[C@@H](N)C(C)C)C(C)C)C(=O)O. The van der Waals surface area contributed by atoms with Gasteiger partial charge in [0.1, 0.15) is 42.3 Å². The molecule has 0 saturated heterocycles. The quantitative estimate of drug-likeness (QED) is 0.0292. The van der Waals surface area contributed by atoms with E-state index < -0.39 is 152 Å². The number of carboxylic acids is 1. The largest absolute Gasteiger partial charge is 0.480 e. The van der Waals surface area contributed by atoms with Gasteiger partial charge in [-0.1, -0.05) is 41.5 Å². The molecule has 0 aromatic carbocycles. The number of nitrogens with one attached hydrogen (secondary N) is 9. The molecule has 16 N–H and O–H groups in total. The Morgan fingerprint density at radius 1 is 0.507 bits per heavy atom. The van der Waals surface area contributed by atoms with Crippen LogP contribution >= 0.6 is 23.5 Å². The molecule has 0 spiro atoms. The Hall–Kier alpha value is -5.25. The van der Waals surface area contributed by atoms with Gasteiger partial charge in [-0.25, -0.2) is 4.79 Å². The molecule has 0 aromatic heterocycles. The molecule has 27 heteroatoms. The van der Waals surface area contributed by atoms with E-state index in [1.165, 1.54) is 23.5 Å². The van der Waals surface area contributed by atoms with Crippen molar-refractivity contribution in [3.05, 3.63) is 0 Å². The molecule has 8 atom stereocenters. The molecule has 382 valence electrons. The van der Waals surface area contributed by atoms with Gasteiger partial charge in [0, 0.05) is 0 Å². The van der Waals surface area contributed by atoms with Gasteiger partial charge in [0.15, 0.2) is 0 Å². The van der Waals surface area contributed by atoms with Crippen LogP contribution in [0, 0.1) is 17.8 Å². The summed E-state index contributed by atoms with van der Waals surface area (Å²) in [5.41, 5.74) is 11.2. The minimum atomic E-state index is -1.72. The van der Waals surface area contributed by atoms with Crippen molar-refractivity contribution in [1.82, 2.24) is 47.9 Å². The fraction of sp³-hybridized carbons (Fsp3) is 0.725.